The largest absolute Gasteiger partial charge is 0.478 e. The average Bonchev–Trinajstić information content (AvgIpc) is 3.25. The lowest BCUT2D eigenvalue weighted by atomic mass is 10.0. The SMILES string of the molecule is CS(=O)(=O)Nc1ccccc1CCc1cccc(C(=O)O)c1.c1cc2cc-2c1. The Morgan fingerprint density at radius 2 is 1.57 bits per heavy atom. The van der Waals surface area contributed by atoms with E-state index in [1.54, 1.807) is 30.3 Å². The van der Waals surface area contributed by atoms with Crippen LogP contribution in [-0.2, 0) is 22.9 Å². The Morgan fingerprint density at radius 1 is 0.893 bits per heavy atom. The summed E-state index contributed by atoms with van der Waals surface area (Å²) in [6.07, 6.45) is 2.35. The van der Waals surface area contributed by atoms with Gasteiger partial charge in [-0.15, -0.1) is 0 Å². The highest BCUT2D eigenvalue weighted by Gasteiger charge is 2.08. The predicted octanol–water partition coefficient (Wildman–Crippen LogP) is 4.21. The Kier molecular flexibility index (Phi) is 5.80. The Bertz CT molecular complexity index is 1090. The maximum Gasteiger partial charge on any atom is 0.335 e. The normalized spacial score (nSPS) is 11.2. The molecule has 2 N–H and O–H groups in total. The van der Waals surface area contributed by atoms with Crippen LogP contribution in [0, 0.1) is 0 Å². The van der Waals surface area contributed by atoms with Crippen LogP contribution in [0.25, 0.3) is 11.1 Å². The number of hydrogen-bond acceptors (Lipinski definition) is 3. The third-order valence-corrected chi connectivity index (χ3v) is 4.87. The highest BCUT2D eigenvalue weighted by atomic mass is 32.2. The van der Waals surface area contributed by atoms with Crippen LogP contribution in [0.15, 0.2) is 72.8 Å². The van der Waals surface area contributed by atoms with Crippen LogP contribution in [-0.4, -0.2) is 25.7 Å². The van der Waals surface area contributed by atoms with E-state index in [0.717, 1.165) is 17.4 Å². The quantitative estimate of drug-likeness (QED) is 0.512. The first-order valence-corrected chi connectivity index (χ1v) is 10.7. The van der Waals surface area contributed by atoms with E-state index in [2.05, 4.69) is 29.0 Å². The number of aromatic carboxylic acids is 1. The number of fused-ring (bicyclic) bond motifs is 1. The fraction of sp³-hybridized carbons (Fsp3) is 0.136. The van der Waals surface area contributed by atoms with Crippen LogP contribution in [0.4, 0.5) is 5.69 Å². The Hall–Kier alpha value is -3.12. The lowest BCUT2D eigenvalue weighted by molar-refractivity contribution is 0.0696. The zero-order valence-corrected chi connectivity index (χ0v) is 16.2. The summed E-state index contributed by atoms with van der Waals surface area (Å²) in [4.78, 5) is 11.0. The van der Waals surface area contributed by atoms with E-state index in [9.17, 15) is 13.2 Å². The van der Waals surface area contributed by atoms with Crippen LogP contribution in [0.5, 0.6) is 0 Å². The van der Waals surface area contributed by atoms with Gasteiger partial charge in [0.05, 0.1) is 17.5 Å². The summed E-state index contributed by atoms with van der Waals surface area (Å²) in [7, 11) is -3.33. The van der Waals surface area contributed by atoms with E-state index < -0.39 is 16.0 Å². The summed E-state index contributed by atoms with van der Waals surface area (Å²) >= 11 is 0. The number of sulfonamides is 1. The van der Waals surface area contributed by atoms with Gasteiger partial charge in [0.15, 0.2) is 0 Å². The fourth-order valence-corrected chi connectivity index (χ4v) is 3.45. The molecule has 2 aromatic carbocycles. The number of aryl methyl sites for hydroxylation is 2. The van der Waals surface area contributed by atoms with Gasteiger partial charge >= 0.3 is 5.97 Å². The van der Waals surface area contributed by atoms with Crippen LogP contribution < -0.4 is 4.72 Å². The number of carboxylic acids is 1. The van der Waals surface area contributed by atoms with Gasteiger partial charge < -0.3 is 5.11 Å². The molecule has 0 saturated carbocycles. The molecular weight excluding hydrogens is 374 g/mol. The summed E-state index contributed by atoms with van der Waals surface area (Å²) in [5.41, 5.74) is 5.42. The number of nitrogens with one attached hydrogen (secondary N) is 1. The minimum atomic E-state index is -3.33. The fourth-order valence-electron chi connectivity index (χ4n) is 2.85. The molecule has 0 amide bonds. The van der Waals surface area contributed by atoms with Gasteiger partial charge in [-0.1, -0.05) is 48.5 Å². The smallest absolute Gasteiger partial charge is 0.335 e. The number of hydrogen-bond donors (Lipinski definition) is 2. The molecule has 0 unspecified atom stereocenters. The van der Waals surface area contributed by atoms with Crippen molar-refractivity contribution in [2.24, 2.45) is 0 Å². The molecule has 4 rings (SSSR count). The second-order valence-corrected chi connectivity index (χ2v) is 8.37. The molecule has 5 nitrogen and oxygen atoms in total. The summed E-state index contributed by atoms with van der Waals surface area (Å²) < 4.78 is 25.2. The van der Waals surface area contributed by atoms with Gasteiger partial charge in [-0.05, 0) is 59.4 Å². The number of para-hydroxylation sites is 1. The first-order valence-electron chi connectivity index (χ1n) is 8.80. The first-order chi connectivity index (χ1) is 13.3. The number of carbonyl (C=O) groups is 1. The molecule has 0 aliphatic heterocycles. The van der Waals surface area contributed by atoms with E-state index in [1.165, 1.54) is 11.1 Å². The molecule has 0 heterocycles. The lowest BCUT2D eigenvalue weighted by Crippen LogP contribution is -2.11. The summed E-state index contributed by atoms with van der Waals surface area (Å²) in [6.45, 7) is 0. The van der Waals surface area contributed by atoms with Gasteiger partial charge in [0.2, 0.25) is 10.0 Å². The standard InChI is InChI=1S/C16H17NO4S.C6H4/c1-22(20,21)17-15-8-3-2-6-13(15)10-9-12-5-4-7-14(11-12)16(18)19;1-2-5-4-6(5)3-1/h2-8,11,17H,9-10H2,1H3,(H,18,19);1-4H. The van der Waals surface area contributed by atoms with Gasteiger partial charge in [0.25, 0.3) is 0 Å². The van der Waals surface area contributed by atoms with Gasteiger partial charge in [0.1, 0.15) is 0 Å². The molecule has 0 saturated heterocycles. The topological polar surface area (TPSA) is 83.5 Å². The van der Waals surface area contributed by atoms with Crippen molar-refractivity contribution in [3.8, 4) is 11.1 Å². The molecule has 0 atom stereocenters. The Balaban J connectivity index is 0.000000311. The van der Waals surface area contributed by atoms with Gasteiger partial charge in [-0.2, -0.15) is 0 Å². The van der Waals surface area contributed by atoms with Crippen LogP contribution in [0.1, 0.15) is 21.5 Å². The highest BCUT2D eigenvalue weighted by molar-refractivity contribution is 7.92. The van der Waals surface area contributed by atoms with Crippen molar-refractivity contribution in [1.82, 2.24) is 0 Å². The number of benzene rings is 3. The maximum atomic E-state index is 11.4. The lowest BCUT2D eigenvalue weighted by Gasteiger charge is -2.10. The molecule has 0 radical (unpaired) electrons. The van der Waals surface area contributed by atoms with Gasteiger partial charge in [0, 0.05) is 0 Å². The van der Waals surface area contributed by atoms with E-state index >= 15 is 0 Å². The molecule has 0 aromatic heterocycles. The second-order valence-electron chi connectivity index (χ2n) is 6.62. The van der Waals surface area contributed by atoms with E-state index in [1.807, 2.05) is 18.2 Å². The minimum Gasteiger partial charge on any atom is -0.478 e. The van der Waals surface area contributed by atoms with Crippen molar-refractivity contribution >= 4 is 21.7 Å². The van der Waals surface area contributed by atoms with Gasteiger partial charge in [-0.25, -0.2) is 13.2 Å². The van der Waals surface area contributed by atoms with E-state index in [4.69, 9.17) is 5.11 Å². The van der Waals surface area contributed by atoms with Crippen molar-refractivity contribution in [3.05, 3.63) is 89.5 Å². The summed E-state index contributed by atoms with van der Waals surface area (Å²) in [5.74, 6) is -0.957. The second kappa shape index (κ2) is 8.27. The third kappa shape index (κ3) is 5.69. The predicted molar refractivity (Wildman–Crippen MR) is 111 cm³/mol. The molecular formula is C22H21NO4S. The number of anilines is 1. The zero-order chi connectivity index (χ0) is 20.1. The molecule has 2 aromatic rings. The summed E-state index contributed by atoms with van der Waals surface area (Å²) in [6, 6.07) is 22.4. The van der Waals surface area contributed by atoms with E-state index in [-0.39, 0.29) is 5.56 Å². The molecule has 6 heteroatoms. The van der Waals surface area contributed by atoms with E-state index in [0.29, 0.717) is 18.5 Å². The first kappa shape index (κ1) is 19.6. The zero-order valence-electron chi connectivity index (χ0n) is 15.4. The van der Waals surface area contributed by atoms with Crippen molar-refractivity contribution < 1.29 is 18.3 Å². The van der Waals surface area contributed by atoms with Crippen molar-refractivity contribution in [2.75, 3.05) is 11.0 Å². The average molecular weight is 395 g/mol. The van der Waals surface area contributed by atoms with Crippen molar-refractivity contribution in [2.45, 2.75) is 12.8 Å². The third-order valence-electron chi connectivity index (χ3n) is 4.28. The molecule has 0 bridgehead atoms. The molecule has 0 fully saturated rings. The van der Waals surface area contributed by atoms with Crippen molar-refractivity contribution in [3.63, 3.8) is 0 Å². The minimum absolute atomic E-state index is 0.250. The van der Waals surface area contributed by atoms with Crippen LogP contribution in [0.2, 0.25) is 0 Å². The molecule has 144 valence electrons. The molecule has 28 heavy (non-hydrogen) atoms. The molecule has 0 spiro atoms. The highest BCUT2D eigenvalue weighted by Crippen LogP contribution is 2.32. The summed E-state index contributed by atoms with van der Waals surface area (Å²) in [5, 5.41) is 8.99. The Morgan fingerprint density at radius 3 is 2.14 bits per heavy atom. The van der Waals surface area contributed by atoms with Gasteiger partial charge in [-0.3, -0.25) is 4.72 Å². The number of rotatable bonds is 6. The van der Waals surface area contributed by atoms with Crippen LogP contribution >= 0.6 is 0 Å². The molecule has 2 aliphatic carbocycles. The number of carboxylic acid groups (broad SMARTS) is 1. The van der Waals surface area contributed by atoms with Crippen LogP contribution in [0.3, 0.4) is 0 Å². The Labute approximate surface area is 164 Å². The van der Waals surface area contributed by atoms with Crippen molar-refractivity contribution in [1.29, 1.82) is 0 Å². The monoisotopic (exact) mass is 395 g/mol. The maximum absolute atomic E-state index is 11.4. The molecule has 2 aliphatic rings.